The van der Waals surface area contributed by atoms with Crippen LogP contribution in [0.25, 0.3) is 5.57 Å². The van der Waals surface area contributed by atoms with E-state index in [-0.39, 0.29) is 12.5 Å². The van der Waals surface area contributed by atoms with Gasteiger partial charge in [0.1, 0.15) is 0 Å². The van der Waals surface area contributed by atoms with E-state index in [9.17, 15) is 9.59 Å². The first-order chi connectivity index (χ1) is 12.8. The number of carbonyl (C=O) groups is 2. The van der Waals surface area contributed by atoms with Gasteiger partial charge in [0, 0.05) is 24.9 Å². The molecule has 6 heteroatoms. The van der Waals surface area contributed by atoms with E-state index < -0.39 is 5.97 Å². The molecule has 0 bridgehead atoms. The van der Waals surface area contributed by atoms with Crippen LogP contribution in [0.2, 0.25) is 0 Å². The zero-order valence-electron chi connectivity index (χ0n) is 16.3. The van der Waals surface area contributed by atoms with Crippen molar-refractivity contribution in [3.8, 4) is 0 Å². The Labute approximate surface area is 179 Å². The molecule has 2 heterocycles. The number of halogens is 1. The molecule has 1 amide bonds. The van der Waals surface area contributed by atoms with Crippen LogP contribution in [-0.2, 0) is 14.3 Å². The summed E-state index contributed by atoms with van der Waals surface area (Å²) in [4.78, 5) is 26.8. The molecule has 3 rings (SSSR count). The van der Waals surface area contributed by atoms with Crippen LogP contribution >= 0.6 is 33.9 Å². The highest BCUT2D eigenvalue weighted by Gasteiger charge is 2.31. The summed E-state index contributed by atoms with van der Waals surface area (Å²) in [5.74, 6) is 0.983. The van der Waals surface area contributed by atoms with Gasteiger partial charge in [-0.2, -0.15) is 0 Å². The van der Waals surface area contributed by atoms with Crippen molar-refractivity contribution in [1.29, 1.82) is 0 Å². The molecule has 1 aliphatic carbocycles. The van der Waals surface area contributed by atoms with Gasteiger partial charge in [0.15, 0.2) is 6.61 Å². The number of carbonyl (C=O) groups excluding carboxylic acids is 2. The molecule has 0 saturated heterocycles. The van der Waals surface area contributed by atoms with Crippen LogP contribution in [0.1, 0.15) is 56.4 Å². The monoisotopic (exact) mass is 501 g/mol. The molecule has 1 fully saturated rings. The molecule has 0 atom stereocenters. The lowest BCUT2D eigenvalue weighted by atomic mass is 9.75. The van der Waals surface area contributed by atoms with Gasteiger partial charge in [-0.05, 0) is 77.8 Å². The molecule has 0 unspecified atom stereocenters. The predicted octanol–water partition coefficient (Wildman–Crippen LogP) is 5.04. The first-order valence-electron chi connectivity index (χ1n) is 9.74. The van der Waals surface area contributed by atoms with Crippen LogP contribution in [0, 0.1) is 21.6 Å². The predicted molar refractivity (Wildman–Crippen MR) is 118 cm³/mol. The molecule has 1 aliphatic heterocycles. The molecular weight excluding hydrogens is 473 g/mol. The van der Waals surface area contributed by atoms with Crippen LogP contribution < -0.4 is 0 Å². The Morgan fingerprint density at radius 1 is 1.30 bits per heavy atom. The number of amides is 1. The molecule has 4 nitrogen and oxygen atoms in total. The van der Waals surface area contributed by atoms with Crippen LogP contribution in [-0.4, -0.2) is 36.5 Å². The second-order valence-electron chi connectivity index (χ2n) is 7.83. The summed E-state index contributed by atoms with van der Waals surface area (Å²) in [7, 11) is 0. The molecule has 148 valence electrons. The van der Waals surface area contributed by atoms with Gasteiger partial charge in [-0.15, -0.1) is 11.3 Å². The van der Waals surface area contributed by atoms with E-state index >= 15 is 0 Å². The largest absolute Gasteiger partial charge is 0.456 e. The Morgan fingerprint density at radius 2 is 2.00 bits per heavy atom. The Balaban J connectivity index is 1.86. The molecule has 2 aliphatic rings. The molecular formula is C21H28INO3S. The second kappa shape index (κ2) is 9.07. The van der Waals surface area contributed by atoms with E-state index in [0.717, 1.165) is 18.9 Å². The molecule has 0 aromatic carbocycles. The summed E-state index contributed by atoms with van der Waals surface area (Å²) in [5, 5.41) is 0. The zero-order valence-corrected chi connectivity index (χ0v) is 19.3. The minimum Gasteiger partial charge on any atom is -0.456 e. The lowest BCUT2D eigenvalue weighted by molar-refractivity contribution is -0.150. The third kappa shape index (κ3) is 5.13. The first-order valence-corrected chi connectivity index (χ1v) is 11.6. The Bertz CT molecular complexity index is 747. The molecule has 1 aromatic heterocycles. The number of aryl methyl sites for hydroxylation is 1. The van der Waals surface area contributed by atoms with Crippen LogP contribution in [0.15, 0.2) is 11.6 Å². The number of rotatable bonds is 4. The highest BCUT2D eigenvalue weighted by Crippen LogP contribution is 2.42. The fourth-order valence-electron chi connectivity index (χ4n) is 4.31. The van der Waals surface area contributed by atoms with E-state index in [4.69, 9.17) is 4.74 Å². The van der Waals surface area contributed by atoms with Crippen molar-refractivity contribution >= 4 is 51.4 Å². The van der Waals surface area contributed by atoms with Crippen molar-refractivity contribution in [2.75, 3.05) is 19.7 Å². The summed E-state index contributed by atoms with van der Waals surface area (Å²) >= 11 is 4.20. The first kappa shape index (κ1) is 20.8. The van der Waals surface area contributed by atoms with Gasteiger partial charge in [0.2, 0.25) is 0 Å². The number of ether oxygens (including phenoxy) is 1. The van der Waals surface area contributed by atoms with Crippen LogP contribution in [0.3, 0.4) is 0 Å². The highest BCUT2D eigenvalue weighted by molar-refractivity contribution is 14.1. The lowest BCUT2D eigenvalue weighted by Gasteiger charge is -2.36. The number of nitrogens with zero attached hydrogens (tertiary/aromatic N) is 1. The van der Waals surface area contributed by atoms with E-state index in [2.05, 4.69) is 42.5 Å². The fourth-order valence-corrected chi connectivity index (χ4v) is 6.37. The van der Waals surface area contributed by atoms with Gasteiger partial charge >= 0.3 is 5.97 Å². The van der Waals surface area contributed by atoms with Crippen LogP contribution in [0.5, 0.6) is 0 Å². The molecule has 1 aromatic rings. The Hall–Kier alpha value is -0.890. The lowest BCUT2D eigenvalue weighted by Crippen LogP contribution is -2.40. The van der Waals surface area contributed by atoms with Crippen molar-refractivity contribution in [2.45, 2.75) is 52.9 Å². The highest BCUT2D eigenvalue weighted by atomic mass is 127. The third-order valence-corrected chi connectivity index (χ3v) is 7.67. The molecule has 27 heavy (non-hydrogen) atoms. The topological polar surface area (TPSA) is 46.6 Å². The van der Waals surface area contributed by atoms with E-state index in [1.165, 1.54) is 51.5 Å². The summed E-state index contributed by atoms with van der Waals surface area (Å²) in [6.07, 6.45) is 6.07. The van der Waals surface area contributed by atoms with Crippen molar-refractivity contribution in [3.63, 3.8) is 0 Å². The number of esters is 1. The normalized spacial score (nSPS) is 23.5. The van der Waals surface area contributed by atoms with Crippen LogP contribution in [0.4, 0.5) is 0 Å². The smallest absolute Gasteiger partial charge is 0.303 e. The van der Waals surface area contributed by atoms with Gasteiger partial charge in [-0.1, -0.05) is 25.3 Å². The third-order valence-electron chi connectivity index (χ3n) is 5.86. The van der Waals surface area contributed by atoms with Gasteiger partial charge in [-0.3, -0.25) is 9.59 Å². The number of hydrogen-bond donors (Lipinski definition) is 0. The fraction of sp³-hybridized carbons (Fsp3) is 0.619. The summed E-state index contributed by atoms with van der Waals surface area (Å²) in [5.41, 5.74) is 4.22. The molecule has 0 N–H and O–H groups in total. The quantitative estimate of drug-likeness (QED) is 0.429. The van der Waals surface area contributed by atoms with Gasteiger partial charge in [-0.25, -0.2) is 0 Å². The van der Waals surface area contributed by atoms with E-state index in [0.29, 0.717) is 12.5 Å². The zero-order chi connectivity index (χ0) is 19.6. The average Bonchev–Trinajstić information content (AvgIpc) is 2.98. The van der Waals surface area contributed by atoms with Crippen molar-refractivity contribution < 1.29 is 14.3 Å². The maximum Gasteiger partial charge on any atom is 0.303 e. The summed E-state index contributed by atoms with van der Waals surface area (Å²) in [6.45, 7) is 7.08. The van der Waals surface area contributed by atoms with E-state index in [1.54, 1.807) is 5.57 Å². The summed E-state index contributed by atoms with van der Waals surface area (Å²) in [6, 6.07) is 2.27. The maximum atomic E-state index is 12.5. The number of thiophene rings is 1. The standard InChI is InChI=1S/C21H28INO3S/c1-13-4-6-16(7-5-13)17-8-9-23(21(25)12-26-15(3)24)11-19(17)18-10-20(22)27-14(18)2/h10,13,16H,4-9,11-12H2,1-3H3. The summed E-state index contributed by atoms with van der Waals surface area (Å²) < 4.78 is 6.22. The van der Waals surface area contributed by atoms with Gasteiger partial charge in [0.05, 0.1) is 2.88 Å². The number of hydrogen-bond acceptors (Lipinski definition) is 4. The SMILES string of the molecule is CC(=O)OCC(=O)N1CCC(C2CCC(C)CC2)=C(c2cc(I)sc2C)C1. The average molecular weight is 501 g/mol. The van der Waals surface area contributed by atoms with Crippen molar-refractivity contribution in [1.82, 2.24) is 4.90 Å². The van der Waals surface area contributed by atoms with Gasteiger partial charge < -0.3 is 9.64 Å². The minimum absolute atomic E-state index is 0.0957. The molecule has 0 spiro atoms. The van der Waals surface area contributed by atoms with Crippen molar-refractivity contribution in [2.24, 2.45) is 11.8 Å². The molecule has 1 saturated carbocycles. The molecule has 0 radical (unpaired) electrons. The Morgan fingerprint density at radius 3 is 2.59 bits per heavy atom. The maximum absolute atomic E-state index is 12.5. The second-order valence-corrected chi connectivity index (χ2v) is 11.0. The Kier molecular flexibility index (Phi) is 7.00. The minimum atomic E-state index is -0.406. The van der Waals surface area contributed by atoms with Crippen molar-refractivity contribution in [3.05, 3.63) is 25.0 Å². The van der Waals surface area contributed by atoms with E-state index in [1.807, 2.05) is 16.2 Å². The van der Waals surface area contributed by atoms with Gasteiger partial charge in [0.25, 0.3) is 5.91 Å².